The Labute approximate surface area is 338 Å². The molecule has 270 valence electrons. The molecule has 0 aliphatic carbocycles. The van der Waals surface area contributed by atoms with E-state index in [2.05, 4.69) is 174 Å². The van der Waals surface area contributed by atoms with E-state index in [1.807, 2.05) is 35.6 Å². The summed E-state index contributed by atoms with van der Waals surface area (Å²) in [5, 5.41) is 9.67. The molecule has 0 aliphatic heterocycles. The van der Waals surface area contributed by atoms with Crippen LogP contribution in [0.4, 0.5) is 0 Å². The van der Waals surface area contributed by atoms with Crippen LogP contribution in [-0.4, -0.2) is 19.5 Å². The van der Waals surface area contributed by atoms with E-state index in [1.54, 1.807) is 0 Å². The highest BCUT2D eigenvalue weighted by molar-refractivity contribution is 7.25. The molecule has 3 heterocycles. The van der Waals surface area contributed by atoms with Crippen molar-refractivity contribution < 1.29 is 0 Å². The first-order valence-corrected chi connectivity index (χ1v) is 20.3. The van der Waals surface area contributed by atoms with Gasteiger partial charge in [0.2, 0.25) is 5.95 Å². The Morgan fingerprint density at radius 2 is 0.845 bits per heavy atom. The number of hydrogen-bond donors (Lipinski definition) is 0. The van der Waals surface area contributed by atoms with Crippen molar-refractivity contribution in [2.24, 2.45) is 0 Å². The molecule has 4 nitrogen and oxygen atoms in total. The molecule has 12 aromatic rings. The summed E-state index contributed by atoms with van der Waals surface area (Å²) < 4.78 is 4.88. The van der Waals surface area contributed by atoms with Gasteiger partial charge in [-0.2, -0.15) is 9.97 Å². The Morgan fingerprint density at radius 1 is 0.328 bits per heavy atom. The van der Waals surface area contributed by atoms with Crippen LogP contribution < -0.4 is 0 Å². The molecule has 0 amide bonds. The second-order valence-electron chi connectivity index (χ2n) is 14.8. The summed E-state index contributed by atoms with van der Waals surface area (Å²) in [6.45, 7) is 0. The summed E-state index contributed by atoms with van der Waals surface area (Å²) in [7, 11) is 0. The monoisotopic (exact) mass is 756 g/mol. The molecule has 0 saturated heterocycles. The lowest BCUT2D eigenvalue weighted by Crippen LogP contribution is -2.07. The summed E-state index contributed by atoms with van der Waals surface area (Å²) in [6, 6.07) is 69.1. The van der Waals surface area contributed by atoms with Gasteiger partial charge in [-0.15, -0.1) is 11.3 Å². The minimum Gasteiger partial charge on any atom is -0.277 e. The maximum Gasteiger partial charge on any atom is 0.238 e. The zero-order valence-electron chi connectivity index (χ0n) is 31.2. The molecule has 9 aromatic carbocycles. The second kappa shape index (κ2) is 13.1. The zero-order valence-corrected chi connectivity index (χ0v) is 32.0. The van der Waals surface area contributed by atoms with Crippen LogP contribution in [0.3, 0.4) is 0 Å². The highest BCUT2D eigenvalue weighted by Gasteiger charge is 2.24. The number of thiophene rings is 1. The number of nitrogens with zero attached hydrogens (tertiary/aromatic N) is 4. The Hall–Kier alpha value is -7.47. The van der Waals surface area contributed by atoms with Crippen LogP contribution in [0.1, 0.15) is 0 Å². The van der Waals surface area contributed by atoms with Crippen molar-refractivity contribution in [3.8, 4) is 51.0 Å². The van der Waals surface area contributed by atoms with Crippen LogP contribution in [0.25, 0.3) is 115 Å². The summed E-state index contributed by atoms with van der Waals surface area (Å²) in [4.78, 5) is 16.0. The fourth-order valence-corrected chi connectivity index (χ4v) is 9.95. The van der Waals surface area contributed by atoms with Crippen molar-refractivity contribution in [1.29, 1.82) is 0 Å². The molecule has 0 aliphatic rings. The summed E-state index contributed by atoms with van der Waals surface area (Å²) in [5.41, 5.74) is 8.58. The van der Waals surface area contributed by atoms with E-state index in [1.165, 1.54) is 47.3 Å². The molecule has 0 fully saturated rings. The molecule has 0 unspecified atom stereocenters. The first-order valence-electron chi connectivity index (χ1n) is 19.5. The fourth-order valence-electron chi connectivity index (χ4n) is 8.80. The van der Waals surface area contributed by atoms with Gasteiger partial charge in [0.15, 0.2) is 11.6 Å². The highest BCUT2D eigenvalue weighted by Crippen LogP contribution is 2.46. The Balaban J connectivity index is 1.20. The Kier molecular flexibility index (Phi) is 7.37. The van der Waals surface area contributed by atoms with Crippen LogP contribution in [-0.2, 0) is 0 Å². The molecule has 0 radical (unpaired) electrons. The van der Waals surface area contributed by atoms with Crippen molar-refractivity contribution in [2.45, 2.75) is 0 Å². The van der Waals surface area contributed by atoms with Gasteiger partial charge < -0.3 is 0 Å². The molecule has 0 saturated carbocycles. The first-order chi connectivity index (χ1) is 28.8. The minimum atomic E-state index is 0.576. The maximum atomic E-state index is 5.42. The third-order valence-corrected chi connectivity index (χ3v) is 12.6. The van der Waals surface area contributed by atoms with Gasteiger partial charge in [0.05, 0.1) is 11.0 Å². The smallest absolute Gasteiger partial charge is 0.238 e. The van der Waals surface area contributed by atoms with Crippen LogP contribution in [0.2, 0.25) is 0 Å². The summed E-state index contributed by atoms with van der Waals surface area (Å²) in [6.07, 6.45) is 0. The molecule has 12 rings (SSSR count). The zero-order chi connectivity index (χ0) is 38.2. The number of rotatable bonds is 5. The van der Waals surface area contributed by atoms with Crippen LogP contribution >= 0.6 is 11.3 Å². The number of hydrogen-bond acceptors (Lipinski definition) is 4. The summed E-state index contributed by atoms with van der Waals surface area (Å²) in [5.74, 6) is 1.82. The van der Waals surface area contributed by atoms with Crippen LogP contribution in [0.15, 0.2) is 194 Å². The molecule has 5 heteroatoms. The number of para-hydroxylation sites is 1. The molecular weight excluding hydrogens is 725 g/mol. The van der Waals surface area contributed by atoms with Gasteiger partial charge in [-0.05, 0) is 45.0 Å². The lowest BCUT2D eigenvalue weighted by molar-refractivity contribution is 0.955. The topological polar surface area (TPSA) is 43.6 Å². The maximum absolute atomic E-state index is 5.42. The quantitative estimate of drug-likeness (QED) is 0.164. The van der Waals surface area contributed by atoms with E-state index < -0.39 is 0 Å². The average Bonchev–Trinajstić information content (AvgIpc) is 3.86. The second-order valence-corrected chi connectivity index (χ2v) is 15.8. The molecule has 3 aromatic heterocycles. The van der Waals surface area contributed by atoms with E-state index in [9.17, 15) is 0 Å². The predicted molar refractivity (Wildman–Crippen MR) is 244 cm³/mol. The lowest BCUT2D eigenvalue weighted by atomic mass is 9.96. The Bertz CT molecular complexity index is 3550. The van der Waals surface area contributed by atoms with E-state index in [-0.39, 0.29) is 0 Å². The standard InChI is InChI=1S/C53H32N4S/c1-3-14-33(15-4-1)34-26-28-36(29-27-34)52-54-51(35-16-5-2-6-17-35)55-53(56-52)57-49-38(37-30-31-42-41-20-11-12-25-46(41)58-47(42)32-37)23-13-24-45(49)48-43-21-9-7-18-39(43)40-19-8-10-22-44(40)50(48)57/h1-32H. The third-order valence-electron chi connectivity index (χ3n) is 11.5. The molecule has 0 bridgehead atoms. The largest absolute Gasteiger partial charge is 0.277 e. The first kappa shape index (κ1) is 32.7. The van der Waals surface area contributed by atoms with Gasteiger partial charge in [0.25, 0.3) is 0 Å². The van der Waals surface area contributed by atoms with Crippen LogP contribution in [0, 0.1) is 0 Å². The van der Waals surface area contributed by atoms with E-state index in [4.69, 9.17) is 15.0 Å². The fraction of sp³-hybridized carbons (Fsp3) is 0. The molecule has 0 spiro atoms. The molecular formula is C53H32N4S. The van der Waals surface area contributed by atoms with Gasteiger partial charge >= 0.3 is 0 Å². The van der Waals surface area contributed by atoms with Crippen molar-refractivity contribution in [3.63, 3.8) is 0 Å². The summed E-state index contributed by atoms with van der Waals surface area (Å²) >= 11 is 1.84. The minimum absolute atomic E-state index is 0.576. The van der Waals surface area contributed by atoms with Gasteiger partial charge in [-0.3, -0.25) is 4.57 Å². The normalized spacial score (nSPS) is 11.8. The van der Waals surface area contributed by atoms with E-state index in [0.29, 0.717) is 17.6 Å². The predicted octanol–water partition coefficient (Wildman–Crippen LogP) is 14.3. The highest BCUT2D eigenvalue weighted by atomic mass is 32.1. The molecule has 0 N–H and O–H groups in total. The molecule has 0 atom stereocenters. The van der Waals surface area contributed by atoms with E-state index >= 15 is 0 Å². The average molecular weight is 757 g/mol. The van der Waals surface area contributed by atoms with Gasteiger partial charge in [0, 0.05) is 53.0 Å². The van der Waals surface area contributed by atoms with Crippen LogP contribution in [0.5, 0.6) is 0 Å². The van der Waals surface area contributed by atoms with Crippen molar-refractivity contribution in [1.82, 2.24) is 19.5 Å². The van der Waals surface area contributed by atoms with Crippen molar-refractivity contribution in [2.75, 3.05) is 0 Å². The number of benzene rings is 9. The molecule has 58 heavy (non-hydrogen) atoms. The Morgan fingerprint density at radius 3 is 1.59 bits per heavy atom. The van der Waals surface area contributed by atoms with E-state index in [0.717, 1.165) is 49.6 Å². The van der Waals surface area contributed by atoms with Crippen molar-refractivity contribution >= 4 is 74.9 Å². The van der Waals surface area contributed by atoms with Crippen molar-refractivity contribution in [3.05, 3.63) is 194 Å². The third kappa shape index (κ3) is 5.11. The number of fused-ring (bicyclic) bond motifs is 11. The SMILES string of the molecule is c1ccc(-c2ccc(-c3nc(-c4ccccc4)nc(-n4c5c(-c6ccc7c(c6)sc6ccccc67)cccc5c5c6ccccc6c6ccccc6c54)n3)cc2)cc1. The number of aromatic nitrogens is 4. The van der Waals surface area contributed by atoms with Gasteiger partial charge in [-0.1, -0.05) is 182 Å². The van der Waals surface area contributed by atoms with Gasteiger partial charge in [-0.25, -0.2) is 4.98 Å². The lowest BCUT2D eigenvalue weighted by Gasteiger charge is -2.14. The van der Waals surface area contributed by atoms with Gasteiger partial charge in [0.1, 0.15) is 0 Å².